The molecular formula is C20H20FN. The number of para-hydroxylation sites is 1. The Labute approximate surface area is 131 Å². The number of anilines is 2. The third kappa shape index (κ3) is 2.96. The summed E-state index contributed by atoms with van der Waals surface area (Å²) in [6.07, 6.45) is 6.17. The van der Waals surface area contributed by atoms with Crippen LogP contribution in [0.1, 0.15) is 25.3 Å². The fraction of sp³-hybridized carbons (Fsp3) is 0.200. The standard InChI is InChI=1S/C20H20FN/c1-15-8-11-18(12-9-15)22(17-6-4-3-5-7-17)20-13-10-16(2)14-19(20)21/h3-8,10-11,13-14H,9,12H2,1-2H3. The van der Waals surface area contributed by atoms with E-state index in [0.717, 1.165) is 29.8 Å². The molecule has 2 aromatic carbocycles. The molecular weight excluding hydrogens is 273 g/mol. The van der Waals surface area contributed by atoms with E-state index < -0.39 is 0 Å². The van der Waals surface area contributed by atoms with Crippen molar-refractivity contribution < 1.29 is 4.39 Å². The van der Waals surface area contributed by atoms with E-state index in [1.807, 2.05) is 54.3 Å². The second-order valence-corrected chi connectivity index (χ2v) is 5.80. The van der Waals surface area contributed by atoms with Crippen molar-refractivity contribution in [2.24, 2.45) is 0 Å². The summed E-state index contributed by atoms with van der Waals surface area (Å²) in [7, 11) is 0. The van der Waals surface area contributed by atoms with Gasteiger partial charge in [-0.1, -0.05) is 35.9 Å². The van der Waals surface area contributed by atoms with Crippen LogP contribution in [0.4, 0.5) is 15.8 Å². The number of aryl methyl sites for hydroxylation is 1. The van der Waals surface area contributed by atoms with E-state index in [2.05, 4.69) is 19.1 Å². The van der Waals surface area contributed by atoms with E-state index >= 15 is 0 Å². The number of halogens is 1. The number of benzene rings is 2. The molecule has 112 valence electrons. The quantitative estimate of drug-likeness (QED) is 0.681. The van der Waals surface area contributed by atoms with Gasteiger partial charge in [0.25, 0.3) is 0 Å². The Kier molecular flexibility index (Phi) is 4.10. The Bertz CT molecular complexity index is 729. The Morgan fingerprint density at radius 1 is 0.909 bits per heavy atom. The molecule has 0 N–H and O–H groups in total. The van der Waals surface area contributed by atoms with Crippen molar-refractivity contribution in [1.82, 2.24) is 0 Å². The summed E-state index contributed by atoms with van der Waals surface area (Å²) >= 11 is 0. The Hall–Kier alpha value is -2.35. The third-order valence-electron chi connectivity index (χ3n) is 3.98. The average molecular weight is 293 g/mol. The molecule has 1 aliphatic rings. The van der Waals surface area contributed by atoms with Crippen molar-refractivity contribution in [2.75, 3.05) is 4.90 Å². The van der Waals surface area contributed by atoms with Gasteiger partial charge in [-0.25, -0.2) is 4.39 Å². The number of nitrogens with zero attached hydrogens (tertiary/aromatic N) is 1. The van der Waals surface area contributed by atoms with Gasteiger partial charge in [-0.2, -0.15) is 0 Å². The Morgan fingerprint density at radius 2 is 1.68 bits per heavy atom. The molecule has 0 saturated carbocycles. The highest BCUT2D eigenvalue weighted by atomic mass is 19.1. The molecule has 0 aromatic heterocycles. The first-order valence-corrected chi connectivity index (χ1v) is 7.63. The zero-order chi connectivity index (χ0) is 15.5. The van der Waals surface area contributed by atoms with Crippen LogP contribution < -0.4 is 4.90 Å². The van der Waals surface area contributed by atoms with Gasteiger partial charge in [0.15, 0.2) is 0 Å². The maximum absolute atomic E-state index is 14.5. The zero-order valence-corrected chi connectivity index (χ0v) is 13.0. The molecule has 0 aliphatic heterocycles. The van der Waals surface area contributed by atoms with Crippen LogP contribution in [0.2, 0.25) is 0 Å². The SMILES string of the molecule is CC1=CC=C(N(c2ccccc2)c2ccc(C)cc2F)CC1. The highest BCUT2D eigenvalue weighted by Gasteiger charge is 2.19. The highest BCUT2D eigenvalue weighted by molar-refractivity contribution is 5.69. The van der Waals surface area contributed by atoms with Gasteiger partial charge in [-0.15, -0.1) is 0 Å². The van der Waals surface area contributed by atoms with E-state index in [4.69, 9.17) is 0 Å². The second-order valence-electron chi connectivity index (χ2n) is 5.80. The van der Waals surface area contributed by atoms with E-state index in [1.165, 1.54) is 5.57 Å². The molecule has 0 heterocycles. The first-order valence-electron chi connectivity index (χ1n) is 7.63. The zero-order valence-electron chi connectivity index (χ0n) is 13.0. The molecule has 1 nitrogen and oxygen atoms in total. The molecule has 0 saturated heterocycles. The molecule has 0 radical (unpaired) electrons. The monoisotopic (exact) mass is 293 g/mol. The number of hydrogen-bond donors (Lipinski definition) is 0. The average Bonchev–Trinajstić information content (AvgIpc) is 2.52. The van der Waals surface area contributed by atoms with Crippen LogP contribution in [0.15, 0.2) is 72.0 Å². The van der Waals surface area contributed by atoms with E-state index in [9.17, 15) is 4.39 Å². The summed E-state index contributed by atoms with van der Waals surface area (Å²) in [5, 5.41) is 0. The summed E-state index contributed by atoms with van der Waals surface area (Å²) in [5.41, 5.74) is 5.02. The second kappa shape index (κ2) is 6.18. The van der Waals surface area contributed by atoms with Crippen LogP contribution in [0.5, 0.6) is 0 Å². The lowest BCUT2D eigenvalue weighted by Gasteiger charge is -2.29. The fourth-order valence-corrected chi connectivity index (χ4v) is 2.75. The first kappa shape index (κ1) is 14.6. The molecule has 3 rings (SSSR count). The smallest absolute Gasteiger partial charge is 0.147 e. The van der Waals surface area contributed by atoms with E-state index in [1.54, 1.807) is 6.07 Å². The van der Waals surface area contributed by atoms with Gasteiger partial charge < -0.3 is 4.90 Å². The van der Waals surface area contributed by atoms with Crippen LogP contribution in [0.25, 0.3) is 0 Å². The maximum atomic E-state index is 14.5. The Morgan fingerprint density at radius 3 is 2.32 bits per heavy atom. The summed E-state index contributed by atoms with van der Waals surface area (Å²) in [4.78, 5) is 2.03. The van der Waals surface area contributed by atoms with Crippen LogP contribution in [-0.4, -0.2) is 0 Å². The fourth-order valence-electron chi connectivity index (χ4n) is 2.75. The van der Waals surface area contributed by atoms with Crippen molar-refractivity contribution in [1.29, 1.82) is 0 Å². The first-order chi connectivity index (χ1) is 10.6. The van der Waals surface area contributed by atoms with Gasteiger partial charge >= 0.3 is 0 Å². The molecule has 0 unspecified atom stereocenters. The van der Waals surface area contributed by atoms with Crippen molar-refractivity contribution in [3.8, 4) is 0 Å². The third-order valence-corrected chi connectivity index (χ3v) is 3.98. The summed E-state index contributed by atoms with van der Waals surface area (Å²) in [6.45, 7) is 4.04. The van der Waals surface area contributed by atoms with Crippen LogP contribution >= 0.6 is 0 Å². The minimum absolute atomic E-state index is 0.184. The van der Waals surface area contributed by atoms with Crippen LogP contribution in [0, 0.1) is 12.7 Å². The van der Waals surface area contributed by atoms with Crippen molar-refractivity contribution in [3.05, 3.63) is 83.3 Å². The molecule has 2 aromatic rings. The van der Waals surface area contributed by atoms with Crippen molar-refractivity contribution >= 4 is 11.4 Å². The maximum Gasteiger partial charge on any atom is 0.147 e. The minimum atomic E-state index is -0.184. The topological polar surface area (TPSA) is 3.24 Å². The van der Waals surface area contributed by atoms with Gasteiger partial charge in [0.2, 0.25) is 0 Å². The number of allylic oxidation sites excluding steroid dienone is 4. The summed E-state index contributed by atoms with van der Waals surface area (Å²) < 4.78 is 14.5. The normalized spacial score (nSPS) is 14.3. The minimum Gasteiger partial charge on any atom is -0.311 e. The molecule has 22 heavy (non-hydrogen) atoms. The number of rotatable bonds is 3. The lowest BCUT2D eigenvalue weighted by molar-refractivity contribution is 0.625. The van der Waals surface area contributed by atoms with Gasteiger partial charge in [-0.05, 0) is 62.6 Å². The highest BCUT2D eigenvalue weighted by Crippen LogP contribution is 2.35. The van der Waals surface area contributed by atoms with Gasteiger partial charge in [0.05, 0.1) is 5.69 Å². The van der Waals surface area contributed by atoms with Gasteiger partial charge in [-0.3, -0.25) is 0 Å². The van der Waals surface area contributed by atoms with E-state index in [-0.39, 0.29) is 5.82 Å². The van der Waals surface area contributed by atoms with Crippen molar-refractivity contribution in [3.63, 3.8) is 0 Å². The van der Waals surface area contributed by atoms with Crippen molar-refractivity contribution in [2.45, 2.75) is 26.7 Å². The molecule has 0 fully saturated rings. The molecule has 0 spiro atoms. The molecule has 0 bridgehead atoms. The van der Waals surface area contributed by atoms with Gasteiger partial charge in [0.1, 0.15) is 5.82 Å². The molecule has 0 atom stereocenters. The van der Waals surface area contributed by atoms with Crippen LogP contribution in [-0.2, 0) is 0 Å². The molecule has 1 aliphatic carbocycles. The lowest BCUT2D eigenvalue weighted by Crippen LogP contribution is -2.19. The molecule has 2 heteroatoms. The number of hydrogen-bond acceptors (Lipinski definition) is 1. The van der Waals surface area contributed by atoms with Crippen LogP contribution in [0.3, 0.4) is 0 Å². The predicted octanol–water partition coefficient (Wildman–Crippen LogP) is 5.90. The molecule has 0 amide bonds. The lowest BCUT2D eigenvalue weighted by atomic mass is 10.0. The summed E-state index contributed by atoms with van der Waals surface area (Å²) in [5.74, 6) is -0.184. The Balaban J connectivity index is 2.11. The van der Waals surface area contributed by atoms with Gasteiger partial charge in [0, 0.05) is 11.4 Å². The predicted molar refractivity (Wildman–Crippen MR) is 90.8 cm³/mol. The largest absolute Gasteiger partial charge is 0.311 e. The van der Waals surface area contributed by atoms with E-state index in [0.29, 0.717) is 5.69 Å². The summed E-state index contributed by atoms with van der Waals surface area (Å²) in [6, 6.07) is 15.4.